The molecule has 1 aromatic carbocycles. The van der Waals surface area contributed by atoms with Crippen molar-refractivity contribution in [3.05, 3.63) is 64.4 Å². The van der Waals surface area contributed by atoms with Crippen molar-refractivity contribution < 1.29 is 14.7 Å². The number of carboxylic acids is 1. The van der Waals surface area contributed by atoms with E-state index in [2.05, 4.69) is 4.98 Å². The summed E-state index contributed by atoms with van der Waals surface area (Å²) in [6, 6.07) is 11.2. The number of nitrogens with zero attached hydrogens (tertiary/aromatic N) is 2. The van der Waals surface area contributed by atoms with E-state index in [9.17, 15) is 9.59 Å². The summed E-state index contributed by atoms with van der Waals surface area (Å²) < 4.78 is 0. The third-order valence-corrected chi connectivity index (χ3v) is 3.11. The Balaban J connectivity index is 2.08. The van der Waals surface area contributed by atoms with E-state index in [0.29, 0.717) is 6.54 Å². The fourth-order valence-corrected chi connectivity index (χ4v) is 1.99. The van der Waals surface area contributed by atoms with Crippen LogP contribution < -0.4 is 0 Å². The van der Waals surface area contributed by atoms with Gasteiger partial charge in [0, 0.05) is 13.6 Å². The second-order valence-corrected chi connectivity index (χ2v) is 4.90. The molecule has 0 radical (unpaired) electrons. The number of rotatable bonds is 4. The highest BCUT2D eigenvalue weighted by Gasteiger charge is 2.14. The first-order chi connectivity index (χ1) is 9.97. The van der Waals surface area contributed by atoms with Gasteiger partial charge in [0.05, 0.1) is 5.56 Å². The SMILES string of the molecule is CN(Cc1ccc(C(=O)O)cc1)C(=O)c1cccc(Cl)n1. The van der Waals surface area contributed by atoms with Crippen LogP contribution in [-0.2, 0) is 6.54 Å². The molecule has 21 heavy (non-hydrogen) atoms. The van der Waals surface area contributed by atoms with Gasteiger partial charge in [-0.25, -0.2) is 9.78 Å². The highest BCUT2D eigenvalue weighted by Crippen LogP contribution is 2.11. The topological polar surface area (TPSA) is 70.5 Å². The molecule has 0 aliphatic heterocycles. The maximum Gasteiger partial charge on any atom is 0.335 e. The van der Waals surface area contributed by atoms with Crippen LogP contribution in [0.2, 0.25) is 5.15 Å². The zero-order valence-electron chi connectivity index (χ0n) is 11.3. The Bertz CT molecular complexity index is 671. The lowest BCUT2D eigenvalue weighted by Gasteiger charge is -2.17. The van der Waals surface area contributed by atoms with Gasteiger partial charge in [-0.1, -0.05) is 29.8 Å². The first-order valence-electron chi connectivity index (χ1n) is 6.17. The Morgan fingerprint density at radius 2 is 1.86 bits per heavy atom. The molecule has 2 aromatic rings. The smallest absolute Gasteiger partial charge is 0.335 e. The molecule has 0 aliphatic carbocycles. The van der Waals surface area contributed by atoms with E-state index < -0.39 is 5.97 Å². The maximum atomic E-state index is 12.2. The number of carboxylic acid groups (broad SMARTS) is 1. The van der Waals surface area contributed by atoms with Crippen LogP contribution in [0.3, 0.4) is 0 Å². The summed E-state index contributed by atoms with van der Waals surface area (Å²) >= 11 is 5.76. The number of benzene rings is 1. The molecule has 0 bridgehead atoms. The van der Waals surface area contributed by atoms with Crippen LogP contribution in [0.25, 0.3) is 0 Å². The molecule has 6 heteroatoms. The van der Waals surface area contributed by atoms with E-state index in [1.807, 2.05) is 0 Å². The van der Waals surface area contributed by atoms with Gasteiger partial charge in [-0.05, 0) is 29.8 Å². The predicted octanol–water partition coefficient (Wildman–Crippen LogP) is 2.71. The van der Waals surface area contributed by atoms with Crippen molar-refractivity contribution in [3.63, 3.8) is 0 Å². The Morgan fingerprint density at radius 1 is 1.19 bits per heavy atom. The quantitative estimate of drug-likeness (QED) is 0.882. The summed E-state index contributed by atoms with van der Waals surface area (Å²) in [5.74, 6) is -1.23. The lowest BCUT2D eigenvalue weighted by atomic mass is 10.1. The molecule has 5 nitrogen and oxygen atoms in total. The first kappa shape index (κ1) is 15.0. The summed E-state index contributed by atoms with van der Waals surface area (Å²) in [5, 5.41) is 9.10. The van der Waals surface area contributed by atoms with Crippen LogP contribution in [0.15, 0.2) is 42.5 Å². The van der Waals surface area contributed by atoms with E-state index in [1.165, 1.54) is 17.0 Å². The molecule has 1 N–H and O–H groups in total. The molecule has 2 rings (SSSR count). The van der Waals surface area contributed by atoms with Crippen molar-refractivity contribution in [2.45, 2.75) is 6.54 Å². The summed E-state index contributed by atoms with van der Waals surface area (Å²) in [7, 11) is 1.65. The second-order valence-electron chi connectivity index (χ2n) is 4.51. The standard InChI is InChI=1S/C15H13ClN2O3/c1-18(14(19)12-3-2-4-13(16)17-12)9-10-5-7-11(8-6-10)15(20)21/h2-8H,9H2,1H3,(H,20,21). The molecule has 1 aromatic heterocycles. The summed E-state index contributed by atoms with van der Waals surface area (Å²) in [4.78, 5) is 28.4. The number of aromatic nitrogens is 1. The highest BCUT2D eigenvalue weighted by molar-refractivity contribution is 6.29. The highest BCUT2D eigenvalue weighted by atomic mass is 35.5. The van der Waals surface area contributed by atoms with Crippen molar-refractivity contribution in [2.75, 3.05) is 7.05 Å². The van der Waals surface area contributed by atoms with Crippen LogP contribution in [0.5, 0.6) is 0 Å². The second kappa shape index (κ2) is 6.37. The summed E-state index contributed by atoms with van der Waals surface area (Å²) in [6.07, 6.45) is 0. The third kappa shape index (κ3) is 3.79. The molecule has 1 amide bonds. The van der Waals surface area contributed by atoms with Gasteiger partial charge in [0.1, 0.15) is 10.8 Å². The normalized spacial score (nSPS) is 10.2. The van der Waals surface area contributed by atoms with E-state index in [4.69, 9.17) is 16.7 Å². The van der Waals surface area contributed by atoms with Crippen LogP contribution in [-0.4, -0.2) is 33.9 Å². The lowest BCUT2D eigenvalue weighted by molar-refractivity contribution is 0.0695. The van der Waals surface area contributed by atoms with Gasteiger partial charge in [0.2, 0.25) is 0 Å². The number of amides is 1. The molecule has 0 fully saturated rings. The van der Waals surface area contributed by atoms with E-state index >= 15 is 0 Å². The van der Waals surface area contributed by atoms with Gasteiger partial charge in [0.25, 0.3) is 5.91 Å². The summed E-state index contributed by atoms with van der Waals surface area (Å²) in [5.41, 5.74) is 1.31. The molecule has 0 spiro atoms. The monoisotopic (exact) mass is 304 g/mol. The minimum Gasteiger partial charge on any atom is -0.478 e. The maximum absolute atomic E-state index is 12.2. The van der Waals surface area contributed by atoms with E-state index in [1.54, 1.807) is 37.4 Å². The van der Waals surface area contributed by atoms with Crippen molar-refractivity contribution in [3.8, 4) is 0 Å². The Hall–Kier alpha value is -2.40. The Kier molecular flexibility index (Phi) is 4.55. The van der Waals surface area contributed by atoms with Gasteiger partial charge < -0.3 is 10.0 Å². The van der Waals surface area contributed by atoms with E-state index in [0.717, 1.165) is 5.56 Å². The van der Waals surface area contributed by atoms with Gasteiger partial charge in [-0.2, -0.15) is 0 Å². The van der Waals surface area contributed by atoms with Gasteiger partial charge in [-0.3, -0.25) is 4.79 Å². The van der Waals surface area contributed by atoms with Gasteiger partial charge in [-0.15, -0.1) is 0 Å². The zero-order valence-corrected chi connectivity index (χ0v) is 12.0. The molecule has 0 saturated carbocycles. The molecule has 0 saturated heterocycles. The number of halogens is 1. The van der Waals surface area contributed by atoms with Crippen molar-refractivity contribution in [1.29, 1.82) is 0 Å². The van der Waals surface area contributed by atoms with Crippen LogP contribution in [0, 0.1) is 0 Å². The van der Waals surface area contributed by atoms with Crippen LogP contribution in [0.1, 0.15) is 26.4 Å². The van der Waals surface area contributed by atoms with Crippen LogP contribution in [0.4, 0.5) is 0 Å². The fourth-order valence-electron chi connectivity index (χ4n) is 1.82. The number of hydrogen-bond acceptors (Lipinski definition) is 3. The number of carbonyl (C=O) groups is 2. The number of pyridine rings is 1. The first-order valence-corrected chi connectivity index (χ1v) is 6.55. The van der Waals surface area contributed by atoms with Crippen LogP contribution >= 0.6 is 11.6 Å². The van der Waals surface area contributed by atoms with E-state index in [-0.39, 0.29) is 22.3 Å². The number of aromatic carboxylic acids is 1. The average molecular weight is 305 g/mol. The fraction of sp³-hybridized carbons (Fsp3) is 0.133. The average Bonchev–Trinajstić information content (AvgIpc) is 2.47. The zero-order chi connectivity index (χ0) is 15.4. The van der Waals surface area contributed by atoms with Crippen molar-refractivity contribution >= 4 is 23.5 Å². The molecule has 1 heterocycles. The largest absolute Gasteiger partial charge is 0.478 e. The van der Waals surface area contributed by atoms with Crippen molar-refractivity contribution in [1.82, 2.24) is 9.88 Å². The molecular formula is C15H13ClN2O3. The number of carbonyl (C=O) groups excluding carboxylic acids is 1. The lowest BCUT2D eigenvalue weighted by Crippen LogP contribution is -2.27. The molecule has 0 aliphatic rings. The molecule has 0 unspecified atom stereocenters. The Labute approximate surface area is 126 Å². The predicted molar refractivity (Wildman–Crippen MR) is 78.4 cm³/mol. The molecule has 108 valence electrons. The summed E-state index contributed by atoms with van der Waals surface area (Å²) in [6.45, 7) is 0.354. The molecule has 0 atom stereocenters. The van der Waals surface area contributed by atoms with Gasteiger partial charge in [0.15, 0.2) is 0 Å². The minimum absolute atomic E-state index is 0.212. The van der Waals surface area contributed by atoms with Crippen molar-refractivity contribution in [2.24, 2.45) is 0 Å². The third-order valence-electron chi connectivity index (χ3n) is 2.90. The number of hydrogen-bond donors (Lipinski definition) is 1. The Morgan fingerprint density at radius 3 is 2.43 bits per heavy atom. The minimum atomic E-state index is -0.978. The molecular weight excluding hydrogens is 292 g/mol. The van der Waals surface area contributed by atoms with Gasteiger partial charge >= 0.3 is 5.97 Å².